The number of rotatable bonds is 12. The number of aliphatic hydroxyl groups is 3. The quantitative estimate of drug-likeness (QED) is 0.0768. The highest BCUT2D eigenvalue weighted by atomic mass is 16.5. The van der Waals surface area contributed by atoms with Crippen molar-refractivity contribution in [1.82, 2.24) is 25.6 Å². The lowest BCUT2D eigenvalue weighted by molar-refractivity contribution is -0.155. The van der Waals surface area contributed by atoms with Crippen molar-refractivity contribution in [3.05, 3.63) is 18.1 Å². The van der Waals surface area contributed by atoms with Crippen molar-refractivity contribution in [2.24, 2.45) is 39.6 Å². The van der Waals surface area contributed by atoms with E-state index in [1.54, 1.807) is 6.20 Å². The summed E-state index contributed by atoms with van der Waals surface area (Å²) in [6.07, 6.45) is 2.75. The zero-order valence-corrected chi connectivity index (χ0v) is 27.1. The number of nitrogens with two attached hydrogens (primary N) is 3. The Balaban J connectivity index is 1.14. The van der Waals surface area contributed by atoms with E-state index in [-0.39, 0.29) is 56.0 Å². The van der Waals surface area contributed by atoms with Gasteiger partial charge in [-0.15, -0.1) is 0 Å². The summed E-state index contributed by atoms with van der Waals surface area (Å²) in [6, 6.07) is -1.67. The van der Waals surface area contributed by atoms with Crippen LogP contribution in [0.2, 0.25) is 0 Å². The van der Waals surface area contributed by atoms with Crippen LogP contribution >= 0.6 is 0 Å². The van der Waals surface area contributed by atoms with Gasteiger partial charge in [0, 0.05) is 30.6 Å². The number of carbonyl (C=O) groups is 2. The normalized spacial score (nSPS) is 34.4. The fourth-order valence-corrected chi connectivity index (χ4v) is 7.79. The van der Waals surface area contributed by atoms with Gasteiger partial charge in [0.15, 0.2) is 11.8 Å². The number of hydrogen-bond acceptors (Lipinski definition) is 12. The molecule has 2 aromatic rings. The third-order valence-corrected chi connectivity index (χ3v) is 10.6. The first-order valence-electron chi connectivity index (χ1n) is 16.4. The van der Waals surface area contributed by atoms with E-state index in [0.29, 0.717) is 35.3 Å². The van der Waals surface area contributed by atoms with Gasteiger partial charge in [0.2, 0.25) is 5.91 Å². The second kappa shape index (κ2) is 14.3. The number of aliphatic imine (C=N–C) groups is 1. The number of aromatic nitrogens is 3. The maximum absolute atomic E-state index is 13.4. The highest BCUT2D eigenvalue weighted by Gasteiger charge is 2.59. The largest absolute Gasteiger partial charge is 0.465 e. The van der Waals surface area contributed by atoms with Gasteiger partial charge >= 0.3 is 5.97 Å². The van der Waals surface area contributed by atoms with Gasteiger partial charge in [-0.3, -0.25) is 9.59 Å². The van der Waals surface area contributed by atoms with Crippen LogP contribution in [0.4, 0.5) is 5.82 Å². The number of nitrogens with zero attached hydrogens (tertiary/aromatic N) is 3. The highest BCUT2D eigenvalue weighted by molar-refractivity contribution is 5.87. The molecule has 2 aromatic heterocycles. The second-order valence-corrected chi connectivity index (χ2v) is 13.4. The Bertz CT molecular complexity index is 1450. The zero-order valence-electron chi connectivity index (χ0n) is 27.1. The average Bonchev–Trinajstić information content (AvgIpc) is 3.80. The van der Waals surface area contributed by atoms with Crippen LogP contribution in [0, 0.1) is 23.2 Å². The van der Waals surface area contributed by atoms with E-state index in [1.807, 2.05) is 13.8 Å². The molecule has 16 nitrogen and oxygen atoms in total. The van der Waals surface area contributed by atoms with Gasteiger partial charge in [-0.1, -0.05) is 20.3 Å². The number of nitrogens with one attached hydrogen (secondary N) is 3. The molecule has 0 spiro atoms. The number of guanidine groups is 1. The van der Waals surface area contributed by atoms with Gasteiger partial charge in [-0.2, -0.15) is 0 Å². The standard InChI is InChI=1S/C31H49N9O7/c1-4-14(2)31(12-36-15(3)41)21(40-30(33)34)8-18(27(31)44)29(45)47-10-16-5-6-17(7-16)46-11-20-25(42)26(43)23(39-20)19-9-35-24-22(19)37-13-38-28(24)32/h9,13-14,16-18,20-21,23,25-27,35,39,42-44H,4-8,10-12H2,1-3H3,(H,36,41)(H2,32,37,38)(H4,33,34,40)/t14?,16?,17?,18-,20+,21+,23-,25+,26-,27+,31+/m0/s1. The van der Waals surface area contributed by atoms with E-state index in [2.05, 4.69) is 30.6 Å². The number of ether oxygens (including phenoxy) is 2. The molecule has 16 heteroatoms. The number of esters is 1. The van der Waals surface area contributed by atoms with Gasteiger partial charge in [0.1, 0.15) is 17.9 Å². The number of amides is 1. The molecule has 47 heavy (non-hydrogen) atoms. The molecule has 3 fully saturated rings. The molecule has 1 saturated heterocycles. The van der Waals surface area contributed by atoms with Crippen molar-refractivity contribution in [3.63, 3.8) is 0 Å². The molecule has 5 rings (SSSR count). The van der Waals surface area contributed by atoms with E-state index in [4.69, 9.17) is 26.7 Å². The van der Waals surface area contributed by atoms with Crippen LogP contribution in [0.3, 0.4) is 0 Å². The summed E-state index contributed by atoms with van der Waals surface area (Å²) in [5, 5.41) is 39.3. The van der Waals surface area contributed by atoms with E-state index in [9.17, 15) is 24.9 Å². The maximum atomic E-state index is 13.4. The van der Waals surface area contributed by atoms with Gasteiger partial charge in [0.05, 0.1) is 61.1 Å². The molecule has 3 unspecified atom stereocenters. The van der Waals surface area contributed by atoms with Crippen molar-refractivity contribution >= 4 is 34.7 Å². The predicted molar refractivity (Wildman–Crippen MR) is 172 cm³/mol. The van der Waals surface area contributed by atoms with Crippen LogP contribution < -0.4 is 27.8 Å². The van der Waals surface area contributed by atoms with Crippen molar-refractivity contribution in [3.8, 4) is 0 Å². The van der Waals surface area contributed by atoms with Gasteiger partial charge < -0.3 is 57.6 Å². The monoisotopic (exact) mass is 659 g/mol. The summed E-state index contributed by atoms with van der Waals surface area (Å²) in [7, 11) is 0. The van der Waals surface area contributed by atoms with Crippen LogP contribution in [0.5, 0.6) is 0 Å². The van der Waals surface area contributed by atoms with E-state index in [0.717, 1.165) is 12.8 Å². The van der Waals surface area contributed by atoms with Gasteiger partial charge in [-0.05, 0) is 37.5 Å². The maximum Gasteiger partial charge on any atom is 0.311 e. The Kier molecular flexibility index (Phi) is 10.6. The molecule has 1 amide bonds. The molecule has 11 atom stereocenters. The number of aromatic amines is 1. The molecule has 3 heterocycles. The van der Waals surface area contributed by atoms with Crippen molar-refractivity contribution in [2.75, 3.05) is 25.5 Å². The first-order chi connectivity index (χ1) is 22.4. The molecule has 0 radical (unpaired) electrons. The number of H-pyrrole nitrogens is 1. The minimum atomic E-state index is -1.12. The fraction of sp³-hybridized carbons (Fsp3) is 0.710. The summed E-state index contributed by atoms with van der Waals surface area (Å²) >= 11 is 0. The third kappa shape index (κ3) is 6.88. The zero-order chi connectivity index (χ0) is 34.0. The molecule has 3 aliphatic rings. The Morgan fingerprint density at radius 2 is 1.94 bits per heavy atom. The summed E-state index contributed by atoms with van der Waals surface area (Å²) < 4.78 is 11.9. The van der Waals surface area contributed by atoms with E-state index >= 15 is 0 Å². The van der Waals surface area contributed by atoms with E-state index < -0.39 is 53.7 Å². The Morgan fingerprint density at radius 1 is 1.17 bits per heavy atom. The third-order valence-electron chi connectivity index (χ3n) is 10.6. The number of anilines is 1. The van der Waals surface area contributed by atoms with Crippen molar-refractivity contribution < 1.29 is 34.4 Å². The first kappa shape index (κ1) is 34.8. The smallest absolute Gasteiger partial charge is 0.311 e. The topological polar surface area (TPSA) is 269 Å². The number of carbonyl (C=O) groups excluding carboxylic acids is 2. The highest BCUT2D eigenvalue weighted by Crippen LogP contribution is 2.50. The van der Waals surface area contributed by atoms with Crippen LogP contribution in [0.25, 0.3) is 11.0 Å². The lowest BCUT2D eigenvalue weighted by atomic mass is 9.68. The van der Waals surface area contributed by atoms with Crippen LogP contribution in [-0.4, -0.2) is 104 Å². The number of fused-ring (bicyclic) bond motifs is 1. The molecule has 2 aliphatic carbocycles. The second-order valence-electron chi connectivity index (χ2n) is 13.4. The van der Waals surface area contributed by atoms with Crippen molar-refractivity contribution in [2.45, 2.75) is 95.4 Å². The summed E-state index contributed by atoms with van der Waals surface area (Å²) in [5.74, 6) is -1.52. The predicted octanol–water partition coefficient (Wildman–Crippen LogP) is -0.805. The van der Waals surface area contributed by atoms with Crippen LogP contribution in [0.1, 0.15) is 64.5 Å². The number of aliphatic hydroxyl groups excluding tert-OH is 3. The first-order valence-corrected chi connectivity index (χ1v) is 16.4. The summed E-state index contributed by atoms with van der Waals surface area (Å²) in [6.45, 7) is 5.81. The molecular weight excluding hydrogens is 610 g/mol. The molecule has 2 saturated carbocycles. The number of nitrogen functional groups attached to an aromatic ring is 1. The summed E-state index contributed by atoms with van der Waals surface area (Å²) in [4.78, 5) is 40.9. The van der Waals surface area contributed by atoms with Gasteiger partial charge in [0.25, 0.3) is 0 Å². The molecule has 1 aliphatic heterocycles. The SMILES string of the molecule is CCC(C)[C@@]1(CNC(C)=O)[C@H](O)[C@@H](C(=O)OCC2CCC(OC[C@H]3N[C@@H](c4c[nH]c5c(N)ncnc45)[C@H](O)[C@@H]3O)C2)C[C@H]1N=C(N)N. The Labute approximate surface area is 273 Å². The number of hydrogen-bond donors (Lipinski definition) is 9. The molecule has 12 N–H and O–H groups in total. The Hall–Kier alpha value is -3.57. The molecule has 0 bridgehead atoms. The Morgan fingerprint density at radius 3 is 2.64 bits per heavy atom. The lowest BCUT2D eigenvalue weighted by Crippen LogP contribution is -2.53. The molecule has 0 aromatic carbocycles. The molecule has 260 valence electrons. The van der Waals surface area contributed by atoms with Gasteiger partial charge in [-0.25, -0.2) is 15.0 Å². The minimum Gasteiger partial charge on any atom is -0.465 e. The summed E-state index contributed by atoms with van der Waals surface area (Å²) in [5.41, 5.74) is 18.3. The molecular formula is C31H49N9O7. The lowest BCUT2D eigenvalue weighted by Gasteiger charge is -2.42. The van der Waals surface area contributed by atoms with E-state index in [1.165, 1.54) is 13.3 Å². The minimum absolute atomic E-state index is 0.0610. The van der Waals surface area contributed by atoms with Crippen molar-refractivity contribution in [1.29, 1.82) is 0 Å². The van der Waals surface area contributed by atoms with Crippen LogP contribution in [0.15, 0.2) is 17.5 Å². The average molecular weight is 660 g/mol. The fourth-order valence-electron chi connectivity index (χ4n) is 7.79. The van der Waals surface area contributed by atoms with Crippen LogP contribution in [-0.2, 0) is 19.1 Å².